The Bertz CT molecular complexity index is 958. The van der Waals surface area contributed by atoms with Gasteiger partial charge in [0.2, 0.25) is 0 Å². The fourth-order valence-electron chi connectivity index (χ4n) is 4.30. The molecule has 0 unspecified atom stereocenters. The van der Waals surface area contributed by atoms with Crippen LogP contribution in [-0.2, 0) is 33.8 Å². The number of nitrogens with zero attached hydrogens (tertiary/aromatic N) is 1. The molecule has 4 rings (SSSR count). The van der Waals surface area contributed by atoms with Gasteiger partial charge < -0.3 is 9.47 Å². The molecule has 4 heteroatoms. The standard InChI is InChI=1S/C29H33NO3/c1-23(30(21-24-11-4-2-5-12-24)22-25-13-6-3-7-14-25)28(31)18-17-26-15-8-9-16-27(26)29-32-19-10-20-33-29/h2-9,11-16,23,29H,10,17-22H2,1H3/t23-/m0/s1. The molecule has 172 valence electrons. The van der Waals surface area contributed by atoms with Gasteiger partial charge in [0.05, 0.1) is 19.3 Å². The normalized spacial score (nSPS) is 15.5. The number of aryl methyl sites for hydroxylation is 1. The molecule has 0 aromatic heterocycles. The van der Waals surface area contributed by atoms with Crippen LogP contribution in [0, 0.1) is 0 Å². The minimum Gasteiger partial charge on any atom is -0.348 e. The summed E-state index contributed by atoms with van der Waals surface area (Å²) in [5.74, 6) is 0.252. The van der Waals surface area contributed by atoms with E-state index in [2.05, 4.69) is 65.6 Å². The largest absolute Gasteiger partial charge is 0.348 e. The van der Waals surface area contributed by atoms with E-state index >= 15 is 0 Å². The number of hydrogen-bond acceptors (Lipinski definition) is 4. The lowest BCUT2D eigenvalue weighted by atomic mass is 9.98. The smallest absolute Gasteiger partial charge is 0.184 e. The molecule has 0 aliphatic carbocycles. The number of rotatable bonds is 10. The van der Waals surface area contributed by atoms with Crippen molar-refractivity contribution in [2.45, 2.75) is 51.6 Å². The Morgan fingerprint density at radius 1 is 0.848 bits per heavy atom. The lowest BCUT2D eigenvalue weighted by Gasteiger charge is -2.29. The highest BCUT2D eigenvalue weighted by Crippen LogP contribution is 2.27. The van der Waals surface area contributed by atoms with Crippen molar-refractivity contribution in [3.05, 3.63) is 107 Å². The van der Waals surface area contributed by atoms with E-state index in [9.17, 15) is 4.79 Å². The first kappa shape index (κ1) is 23.4. The van der Waals surface area contributed by atoms with Gasteiger partial charge in [0, 0.05) is 25.1 Å². The van der Waals surface area contributed by atoms with E-state index in [0.717, 1.165) is 30.6 Å². The van der Waals surface area contributed by atoms with E-state index in [-0.39, 0.29) is 18.1 Å². The third kappa shape index (κ3) is 6.61. The molecule has 0 radical (unpaired) electrons. The summed E-state index contributed by atoms with van der Waals surface area (Å²) in [5, 5.41) is 0. The molecule has 0 amide bonds. The van der Waals surface area contributed by atoms with Crippen molar-refractivity contribution in [2.75, 3.05) is 13.2 Å². The minimum atomic E-state index is -0.324. The quantitative estimate of drug-likeness (QED) is 0.402. The van der Waals surface area contributed by atoms with Crippen LogP contribution in [-0.4, -0.2) is 29.9 Å². The molecule has 0 saturated carbocycles. The molecule has 1 atom stereocenters. The Labute approximate surface area is 197 Å². The zero-order valence-corrected chi connectivity index (χ0v) is 19.4. The van der Waals surface area contributed by atoms with E-state index in [1.54, 1.807) is 0 Å². The van der Waals surface area contributed by atoms with Gasteiger partial charge in [-0.2, -0.15) is 0 Å². The van der Waals surface area contributed by atoms with Crippen molar-refractivity contribution >= 4 is 5.78 Å². The molecule has 1 aliphatic rings. The monoisotopic (exact) mass is 443 g/mol. The van der Waals surface area contributed by atoms with Crippen LogP contribution in [0.3, 0.4) is 0 Å². The van der Waals surface area contributed by atoms with Gasteiger partial charge in [0.25, 0.3) is 0 Å². The van der Waals surface area contributed by atoms with Crippen molar-refractivity contribution in [3.8, 4) is 0 Å². The average molecular weight is 444 g/mol. The highest BCUT2D eigenvalue weighted by atomic mass is 16.7. The van der Waals surface area contributed by atoms with Crippen molar-refractivity contribution in [2.24, 2.45) is 0 Å². The molecule has 1 fully saturated rings. The number of ketones is 1. The second kappa shape index (κ2) is 11.9. The molecule has 3 aromatic carbocycles. The zero-order valence-electron chi connectivity index (χ0n) is 19.4. The molecule has 33 heavy (non-hydrogen) atoms. The topological polar surface area (TPSA) is 38.8 Å². The van der Waals surface area contributed by atoms with Crippen LogP contribution in [0.25, 0.3) is 0 Å². The first-order valence-corrected chi connectivity index (χ1v) is 11.9. The summed E-state index contributed by atoms with van der Waals surface area (Å²) < 4.78 is 11.6. The molecular formula is C29H33NO3. The van der Waals surface area contributed by atoms with E-state index in [4.69, 9.17) is 9.47 Å². The predicted octanol–water partition coefficient (Wildman–Crippen LogP) is 5.71. The molecule has 0 spiro atoms. The number of Topliss-reactive ketones (excluding diaryl/α,β-unsaturated/α-hetero) is 1. The Balaban J connectivity index is 1.44. The SMILES string of the molecule is C[C@@H](C(=O)CCc1ccccc1C1OCCCO1)N(Cc1ccccc1)Cc1ccccc1. The van der Waals surface area contributed by atoms with Crippen LogP contribution in [0.4, 0.5) is 0 Å². The predicted molar refractivity (Wildman–Crippen MR) is 131 cm³/mol. The van der Waals surface area contributed by atoms with Crippen molar-refractivity contribution < 1.29 is 14.3 Å². The third-order valence-electron chi connectivity index (χ3n) is 6.25. The number of benzene rings is 3. The summed E-state index contributed by atoms with van der Waals surface area (Å²) in [7, 11) is 0. The zero-order chi connectivity index (χ0) is 22.9. The number of carbonyl (C=O) groups is 1. The van der Waals surface area contributed by atoms with Gasteiger partial charge >= 0.3 is 0 Å². The summed E-state index contributed by atoms with van der Waals surface area (Å²) in [4.78, 5) is 15.6. The Morgan fingerprint density at radius 3 is 2.00 bits per heavy atom. The highest BCUT2D eigenvalue weighted by molar-refractivity contribution is 5.83. The first-order chi connectivity index (χ1) is 16.2. The number of hydrogen-bond donors (Lipinski definition) is 0. The van der Waals surface area contributed by atoms with Crippen molar-refractivity contribution in [1.82, 2.24) is 4.90 Å². The lowest BCUT2D eigenvalue weighted by molar-refractivity contribution is -0.183. The van der Waals surface area contributed by atoms with Crippen molar-refractivity contribution in [1.29, 1.82) is 0 Å². The number of carbonyl (C=O) groups excluding carboxylic acids is 1. The number of ether oxygens (including phenoxy) is 2. The molecule has 0 bridgehead atoms. The van der Waals surface area contributed by atoms with Crippen LogP contribution < -0.4 is 0 Å². The van der Waals surface area contributed by atoms with Gasteiger partial charge in [-0.15, -0.1) is 0 Å². The van der Waals surface area contributed by atoms with Gasteiger partial charge in [-0.3, -0.25) is 9.69 Å². The second-order valence-corrected chi connectivity index (χ2v) is 8.64. The summed E-state index contributed by atoms with van der Waals surface area (Å²) >= 11 is 0. The van der Waals surface area contributed by atoms with Crippen LogP contribution in [0.15, 0.2) is 84.9 Å². The second-order valence-electron chi connectivity index (χ2n) is 8.64. The maximum atomic E-state index is 13.3. The van der Waals surface area contributed by atoms with Gasteiger partial charge in [-0.1, -0.05) is 84.9 Å². The van der Waals surface area contributed by atoms with E-state index in [1.807, 2.05) is 31.2 Å². The van der Waals surface area contributed by atoms with Crippen molar-refractivity contribution in [3.63, 3.8) is 0 Å². The highest BCUT2D eigenvalue weighted by Gasteiger charge is 2.23. The Kier molecular flexibility index (Phi) is 8.42. The molecule has 0 N–H and O–H groups in total. The van der Waals surface area contributed by atoms with Gasteiger partial charge in [0.15, 0.2) is 6.29 Å². The van der Waals surface area contributed by atoms with Crippen LogP contribution in [0.5, 0.6) is 0 Å². The summed E-state index contributed by atoms with van der Waals surface area (Å²) in [5.41, 5.74) is 4.60. The van der Waals surface area contributed by atoms with Gasteiger partial charge in [-0.25, -0.2) is 0 Å². The Morgan fingerprint density at radius 2 is 1.39 bits per heavy atom. The summed E-state index contributed by atoms with van der Waals surface area (Å²) in [6, 6.07) is 28.7. The van der Waals surface area contributed by atoms with Gasteiger partial charge in [-0.05, 0) is 36.5 Å². The summed E-state index contributed by atoms with van der Waals surface area (Å²) in [6.07, 6.45) is 1.78. The maximum Gasteiger partial charge on any atom is 0.184 e. The maximum absolute atomic E-state index is 13.3. The van der Waals surface area contributed by atoms with E-state index < -0.39 is 0 Å². The fraction of sp³-hybridized carbons (Fsp3) is 0.345. The molecule has 3 aromatic rings. The third-order valence-corrected chi connectivity index (χ3v) is 6.25. The van der Waals surface area contributed by atoms with Crippen LogP contribution in [0.2, 0.25) is 0 Å². The van der Waals surface area contributed by atoms with Crippen LogP contribution >= 0.6 is 0 Å². The average Bonchev–Trinajstić information content (AvgIpc) is 2.88. The van der Waals surface area contributed by atoms with E-state index in [1.165, 1.54) is 11.1 Å². The van der Waals surface area contributed by atoms with Crippen LogP contribution in [0.1, 0.15) is 48.3 Å². The molecule has 4 nitrogen and oxygen atoms in total. The fourth-order valence-corrected chi connectivity index (χ4v) is 4.30. The van der Waals surface area contributed by atoms with E-state index in [0.29, 0.717) is 26.1 Å². The molecule has 1 saturated heterocycles. The lowest BCUT2D eigenvalue weighted by Crippen LogP contribution is -2.38. The first-order valence-electron chi connectivity index (χ1n) is 11.9. The molecule has 1 heterocycles. The Hall–Kier alpha value is -2.79. The minimum absolute atomic E-state index is 0.181. The molecule has 1 aliphatic heterocycles. The molecular weight excluding hydrogens is 410 g/mol. The summed E-state index contributed by atoms with van der Waals surface area (Å²) in [6.45, 7) is 4.94. The van der Waals surface area contributed by atoms with Gasteiger partial charge in [0.1, 0.15) is 5.78 Å².